The molecule has 2 heterocycles. The third-order valence-electron chi connectivity index (χ3n) is 5.49. The first-order valence-electron chi connectivity index (χ1n) is 8.33. The van der Waals surface area contributed by atoms with Crippen LogP contribution < -0.4 is 5.32 Å². The SMILES string of the molecule is O=C(CC1CC2CCC(C1)N2)N(CC1CC1)C1CC1. The Morgan fingerprint density at radius 1 is 0.947 bits per heavy atom. The third-order valence-corrected chi connectivity index (χ3v) is 5.49. The summed E-state index contributed by atoms with van der Waals surface area (Å²) in [6.07, 6.45) is 11.2. The highest BCUT2D eigenvalue weighted by Crippen LogP contribution is 2.37. The largest absolute Gasteiger partial charge is 0.339 e. The quantitative estimate of drug-likeness (QED) is 0.824. The summed E-state index contributed by atoms with van der Waals surface area (Å²) in [6, 6.07) is 2.05. The molecule has 0 aromatic carbocycles. The first-order valence-corrected chi connectivity index (χ1v) is 8.33. The molecular weight excluding hydrogens is 236 g/mol. The second-order valence-electron chi connectivity index (χ2n) is 7.40. The molecule has 106 valence electrons. The van der Waals surface area contributed by atoms with Crippen molar-refractivity contribution in [3.8, 4) is 0 Å². The molecule has 3 heteroatoms. The fourth-order valence-corrected chi connectivity index (χ4v) is 4.13. The fraction of sp³-hybridized carbons (Fsp3) is 0.938. The average molecular weight is 262 g/mol. The van der Waals surface area contributed by atoms with Gasteiger partial charge in [0.25, 0.3) is 0 Å². The minimum Gasteiger partial charge on any atom is -0.339 e. The number of piperidine rings is 1. The van der Waals surface area contributed by atoms with Gasteiger partial charge >= 0.3 is 0 Å². The molecule has 2 bridgehead atoms. The molecule has 19 heavy (non-hydrogen) atoms. The van der Waals surface area contributed by atoms with E-state index in [1.807, 2.05) is 0 Å². The summed E-state index contributed by atoms with van der Waals surface area (Å²) in [5, 5.41) is 3.68. The molecule has 0 spiro atoms. The van der Waals surface area contributed by atoms with E-state index in [1.54, 1.807) is 0 Å². The van der Waals surface area contributed by atoms with Crippen LogP contribution in [-0.4, -0.2) is 35.5 Å². The second kappa shape index (κ2) is 4.76. The highest BCUT2D eigenvalue weighted by Gasteiger charge is 2.39. The van der Waals surface area contributed by atoms with Crippen LogP contribution in [0.3, 0.4) is 0 Å². The number of amides is 1. The lowest BCUT2D eigenvalue weighted by atomic mass is 9.89. The van der Waals surface area contributed by atoms with Crippen molar-refractivity contribution in [1.29, 1.82) is 0 Å². The van der Waals surface area contributed by atoms with E-state index in [-0.39, 0.29) is 0 Å². The fourth-order valence-electron chi connectivity index (χ4n) is 4.13. The van der Waals surface area contributed by atoms with E-state index < -0.39 is 0 Å². The molecule has 0 radical (unpaired) electrons. The van der Waals surface area contributed by atoms with E-state index in [0.29, 0.717) is 30.0 Å². The van der Waals surface area contributed by atoms with Crippen molar-refractivity contribution in [2.45, 2.75) is 75.9 Å². The van der Waals surface area contributed by atoms with Gasteiger partial charge in [-0.2, -0.15) is 0 Å². The minimum absolute atomic E-state index is 0.473. The van der Waals surface area contributed by atoms with Crippen molar-refractivity contribution in [2.24, 2.45) is 11.8 Å². The van der Waals surface area contributed by atoms with Gasteiger partial charge in [-0.15, -0.1) is 0 Å². The van der Waals surface area contributed by atoms with Crippen molar-refractivity contribution in [2.75, 3.05) is 6.54 Å². The van der Waals surface area contributed by atoms with Crippen LogP contribution >= 0.6 is 0 Å². The van der Waals surface area contributed by atoms with Crippen molar-refractivity contribution in [3.05, 3.63) is 0 Å². The van der Waals surface area contributed by atoms with Crippen molar-refractivity contribution in [1.82, 2.24) is 10.2 Å². The number of fused-ring (bicyclic) bond motifs is 2. The average Bonchev–Trinajstić information content (AvgIpc) is 3.27. The maximum atomic E-state index is 12.6. The van der Waals surface area contributed by atoms with E-state index in [4.69, 9.17) is 0 Å². The number of carbonyl (C=O) groups is 1. The van der Waals surface area contributed by atoms with Crippen LogP contribution in [0.1, 0.15) is 57.8 Å². The summed E-state index contributed by atoms with van der Waals surface area (Å²) in [7, 11) is 0. The molecule has 2 atom stereocenters. The smallest absolute Gasteiger partial charge is 0.223 e. The van der Waals surface area contributed by atoms with Gasteiger partial charge in [0.15, 0.2) is 0 Å². The molecule has 2 saturated heterocycles. The van der Waals surface area contributed by atoms with Crippen LogP contribution in [0.25, 0.3) is 0 Å². The lowest BCUT2D eigenvalue weighted by Gasteiger charge is -2.31. The highest BCUT2D eigenvalue weighted by molar-refractivity contribution is 5.77. The van der Waals surface area contributed by atoms with Gasteiger partial charge in [-0.05, 0) is 63.2 Å². The van der Waals surface area contributed by atoms with Crippen molar-refractivity contribution in [3.63, 3.8) is 0 Å². The molecule has 2 aliphatic carbocycles. The summed E-state index contributed by atoms with van der Waals surface area (Å²) < 4.78 is 0. The van der Waals surface area contributed by atoms with Gasteiger partial charge in [0.2, 0.25) is 5.91 Å². The molecule has 1 N–H and O–H groups in total. The Kier molecular flexibility index (Phi) is 3.06. The Bertz CT molecular complexity index is 350. The van der Waals surface area contributed by atoms with Gasteiger partial charge in [0.1, 0.15) is 0 Å². The highest BCUT2D eigenvalue weighted by atomic mass is 16.2. The van der Waals surface area contributed by atoms with Crippen LogP contribution in [0.2, 0.25) is 0 Å². The minimum atomic E-state index is 0.473. The van der Waals surface area contributed by atoms with Gasteiger partial charge < -0.3 is 10.2 Å². The Morgan fingerprint density at radius 2 is 1.63 bits per heavy atom. The first-order chi connectivity index (χ1) is 9.28. The number of nitrogens with zero attached hydrogens (tertiary/aromatic N) is 1. The number of hydrogen-bond donors (Lipinski definition) is 1. The van der Waals surface area contributed by atoms with Crippen LogP contribution in [0.4, 0.5) is 0 Å². The van der Waals surface area contributed by atoms with Crippen LogP contribution in [0.15, 0.2) is 0 Å². The molecule has 1 amide bonds. The lowest BCUT2D eigenvalue weighted by molar-refractivity contribution is -0.133. The molecule has 2 saturated carbocycles. The van der Waals surface area contributed by atoms with E-state index >= 15 is 0 Å². The zero-order chi connectivity index (χ0) is 12.8. The number of nitrogens with one attached hydrogen (secondary N) is 1. The van der Waals surface area contributed by atoms with Gasteiger partial charge in [-0.3, -0.25) is 4.79 Å². The maximum absolute atomic E-state index is 12.6. The van der Waals surface area contributed by atoms with Crippen LogP contribution in [-0.2, 0) is 4.79 Å². The number of rotatable bonds is 5. The first kappa shape index (κ1) is 12.2. The summed E-state index contributed by atoms with van der Waals surface area (Å²) in [5.41, 5.74) is 0. The zero-order valence-electron chi connectivity index (χ0n) is 11.8. The number of carbonyl (C=O) groups excluding carboxylic acids is 1. The van der Waals surface area contributed by atoms with Crippen molar-refractivity contribution < 1.29 is 4.79 Å². The normalized spacial score (nSPS) is 37.4. The monoisotopic (exact) mass is 262 g/mol. The predicted molar refractivity (Wildman–Crippen MR) is 74.7 cm³/mol. The van der Waals surface area contributed by atoms with E-state index in [0.717, 1.165) is 18.9 Å². The molecule has 0 aromatic rings. The molecule has 0 aromatic heterocycles. The number of hydrogen-bond acceptors (Lipinski definition) is 2. The maximum Gasteiger partial charge on any atom is 0.223 e. The zero-order valence-corrected chi connectivity index (χ0v) is 11.8. The molecule has 2 aliphatic heterocycles. The Hall–Kier alpha value is -0.570. The molecule has 3 nitrogen and oxygen atoms in total. The van der Waals surface area contributed by atoms with Crippen LogP contribution in [0, 0.1) is 11.8 Å². The van der Waals surface area contributed by atoms with Gasteiger partial charge in [0.05, 0.1) is 0 Å². The van der Waals surface area contributed by atoms with E-state index in [9.17, 15) is 4.79 Å². The second-order valence-corrected chi connectivity index (χ2v) is 7.40. The third kappa shape index (κ3) is 2.81. The topological polar surface area (TPSA) is 32.3 Å². The molecule has 4 rings (SSSR count). The standard InChI is InChI=1S/C16H26N2O/c19-16(18(15-5-6-15)10-11-1-2-11)9-12-7-13-3-4-14(8-12)17-13/h11-15,17H,1-10H2. The van der Waals surface area contributed by atoms with Gasteiger partial charge in [-0.25, -0.2) is 0 Å². The van der Waals surface area contributed by atoms with Crippen LogP contribution in [0.5, 0.6) is 0 Å². The van der Waals surface area contributed by atoms with Gasteiger partial charge in [-0.1, -0.05) is 0 Å². The molecular formula is C16H26N2O. The molecule has 4 fully saturated rings. The summed E-state index contributed by atoms with van der Waals surface area (Å²) in [4.78, 5) is 14.8. The predicted octanol–water partition coefficient (Wildman–Crippen LogP) is 2.31. The van der Waals surface area contributed by atoms with Gasteiger partial charge in [0, 0.05) is 31.1 Å². The molecule has 4 aliphatic rings. The Morgan fingerprint density at radius 3 is 2.21 bits per heavy atom. The summed E-state index contributed by atoms with van der Waals surface area (Å²) in [6.45, 7) is 1.07. The summed E-state index contributed by atoms with van der Waals surface area (Å²) >= 11 is 0. The Balaban J connectivity index is 1.34. The summed E-state index contributed by atoms with van der Waals surface area (Å²) in [5.74, 6) is 1.97. The Labute approximate surface area is 116 Å². The van der Waals surface area contributed by atoms with E-state index in [1.165, 1.54) is 51.4 Å². The lowest BCUT2D eigenvalue weighted by Crippen LogP contribution is -2.41. The van der Waals surface area contributed by atoms with E-state index in [2.05, 4.69) is 10.2 Å². The molecule has 2 unspecified atom stereocenters. The van der Waals surface area contributed by atoms with Crippen molar-refractivity contribution >= 4 is 5.91 Å².